The number of ether oxygens (including phenoxy) is 2. The van der Waals surface area contributed by atoms with Gasteiger partial charge in [-0.05, 0) is 19.9 Å². The first-order valence-electron chi connectivity index (χ1n) is 9.92. The van der Waals surface area contributed by atoms with Crippen molar-refractivity contribution < 1.29 is 19.4 Å². The summed E-state index contributed by atoms with van der Waals surface area (Å²) in [7, 11) is 1.59. The van der Waals surface area contributed by atoms with E-state index < -0.39 is 5.97 Å². The maximum Gasteiger partial charge on any atom is 0.349 e. The van der Waals surface area contributed by atoms with E-state index in [1.807, 2.05) is 19.9 Å². The first-order chi connectivity index (χ1) is 15.5. The molecule has 0 saturated heterocycles. The summed E-state index contributed by atoms with van der Waals surface area (Å²) in [4.78, 5) is 29.5. The number of fused-ring (bicyclic) bond motifs is 1. The van der Waals surface area contributed by atoms with Gasteiger partial charge in [-0.15, -0.1) is 11.3 Å². The molecule has 11 heteroatoms. The zero-order chi connectivity index (χ0) is 22.7. The monoisotopic (exact) mass is 454 g/mol. The molecule has 0 aliphatic carbocycles. The lowest BCUT2D eigenvalue weighted by Crippen LogP contribution is -2.12. The largest absolute Gasteiger partial charge is 0.492 e. The van der Waals surface area contributed by atoms with Crippen LogP contribution < -0.4 is 14.8 Å². The second kappa shape index (κ2) is 9.18. The Balaban J connectivity index is 1.50. The van der Waals surface area contributed by atoms with E-state index >= 15 is 0 Å². The number of thiophene rings is 1. The fourth-order valence-electron chi connectivity index (χ4n) is 3.41. The average molecular weight is 455 g/mol. The highest BCUT2D eigenvalue weighted by Gasteiger charge is 2.18. The SMILES string of the molecule is CCOc1cc(-c2cc(NCCn3c(C)cc4c(OC)ncnc43)ncn2)sc1C(=O)O. The molecular weight excluding hydrogens is 432 g/mol. The van der Waals surface area contributed by atoms with Crippen LogP contribution >= 0.6 is 11.3 Å². The molecule has 0 saturated carbocycles. The standard InChI is InChI=1S/C21H22N6O4S/c1-4-31-15-9-16(32-18(15)21(28)29)14-8-17(24-10-23-14)22-5-6-27-12(2)7-13-19(27)25-11-26-20(13)30-3/h7-11H,4-6H2,1-3H3,(H,28,29)(H,22,23,24). The van der Waals surface area contributed by atoms with Crippen LogP contribution in [0.5, 0.6) is 11.6 Å². The van der Waals surface area contributed by atoms with Crippen molar-refractivity contribution in [1.82, 2.24) is 24.5 Å². The molecule has 0 unspecified atom stereocenters. The summed E-state index contributed by atoms with van der Waals surface area (Å²) in [5, 5.41) is 13.6. The summed E-state index contributed by atoms with van der Waals surface area (Å²) in [5.41, 5.74) is 2.48. The molecule has 32 heavy (non-hydrogen) atoms. The summed E-state index contributed by atoms with van der Waals surface area (Å²) in [6.45, 7) is 5.47. The lowest BCUT2D eigenvalue weighted by atomic mass is 10.3. The van der Waals surface area contributed by atoms with Crippen LogP contribution in [0.3, 0.4) is 0 Å². The molecule has 0 fully saturated rings. The second-order valence-corrected chi connectivity index (χ2v) is 7.87. The average Bonchev–Trinajstić information content (AvgIpc) is 3.35. The van der Waals surface area contributed by atoms with Gasteiger partial charge in [-0.2, -0.15) is 0 Å². The smallest absolute Gasteiger partial charge is 0.349 e. The van der Waals surface area contributed by atoms with Gasteiger partial charge in [-0.25, -0.2) is 24.7 Å². The molecule has 0 atom stereocenters. The van der Waals surface area contributed by atoms with Crippen molar-refractivity contribution >= 4 is 34.2 Å². The van der Waals surface area contributed by atoms with Gasteiger partial charge in [0.25, 0.3) is 0 Å². The number of nitrogens with one attached hydrogen (secondary N) is 1. The predicted octanol–water partition coefficient (Wildman–Crippen LogP) is 3.48. The van der Waals surface area contributed by atoms with Crippen LogP contribution in [0.15, 0.2) is 30.9 Å². The Morgan fingerprint density at radius 2 is 2.00 bits per heavy atom. The van der Waals surface area contributed by atoms with E-state index in [0.717, 1.165) is 28.1 Å². The minimum absolute atomic E-state index is 0.155. The summed E-state index contributed by atoms with van der Waals surface area (Å²) < 4.78 is 12.9. The van der Waals surface area contributed by atoms with Gasteiger partial charge in [0, 0.05) is 30.9 Å². The van der Waals surface area contributed by atoms with E-state index in [1.165, 1.54) is 12.7 Å². The van der Waals surface area contributed by atoms with Gasteiger partial charge < -0.3 is 24.5 Å². The highest BCUT2D eigenvalue weighted by Crippen LogP contribution is 2.36. The van der Waals surface area contributed by atoms with E-state index in [0.29, 0.717) is 47.7 Å². The Labute approximate surface area is 187 Å². The molecule has 2 N–H and O–H groups in total. The third-order valence-electron chi connectivity index (χ3n) is 4.81. The van der Waals surface area contributed by atoms with Crippen molar-refractivity contribution in [2.24, 2.45) is 0 Å². The summed E-state index contributed by atoms with van der Waals surface area (Å²) in [6.07, 6.45) is 2.94. The Bertz CT molecular complexity index is 1270. The van der Waals surface area contributed by atoms with Crippen LogP contribution in [-0.2, 0) is 6.54 Å². The molecule has 0 spiro atoms. The molecule has 4 rings (SSSR count). The number of aryl methyl sites for hydroxylation is 1. The third-order valence-corrected chi connectivity index (χ3v) is 5.93. The molecular formula is C21H22N6O4S. The molecule has 0 bridgehead atoms. The van der Waals surface area contributed by atoms with E-state index in [9.17, 15) is 9.90 Å². The normalized spacial score (nSPS) is 11.0. The summed E-state index contributed by atoms with van der Waals surface area (Å²) in [6, 6.07) is 5.49. The molecule has 0 radical (unpaired) electrons. The summed E-state index contributed by atoms with van der Waals surface area (Å²) >= 11 is 1.13. The molecule has 10 nitrogen and oxygen atoms in total. The number of nitrogens with zero attached hydrogens (tertiary/aromatic N) is 5. The Kier molecular flexibility index (Phi) is 6.17. The maximum absolute atomic E-state index is 11.5. The number of carboxylic acid groups (broad SMARTS) is 1. The van der Waals surface area contributed by atoms with Gasteiger partial charge in [-0.3, -0.25) is 0 Å². The van der Waals surface area contributed by atoms with Gasteiger partial charge in [0.05, 0.1) is 29.7 Å². The number of hydrogen-bond donors (Lipinski definition) is 2. The van der Waals surface area contributed by atoms with Crippen LogP contribution in [0, 0.1) is 6.92 Å². The number of anilines is 1. The molecule has 0 amide bonds. The number of aromatic carboxylic acids is 1. The van der Waals surface area contributed by atoms with E-state index in [2.05, 4.69) is 29.8 Å². The quantitative estimate of drug-likeness (QED) is 0.391. The lowest BCUT2D eigenvalue weighted by molar-refractivity contribution is 0.0698. The molecule has 4 heterocycles. The second-order valence-electron chi connectivity index (χ2n) is 6.82. The van der Waals surface area contributed by atoms with Gasteiger partial charge in [0.1, 0.15) is 29.9 Å². The fraction of sp³-hybridized carbons (Fsp3) is 0.286. The number of hydrogen-bond acceptors (Lipinski definition) is 9. The van der Waals surface area contributed by atoms with Gasteiger partial charge in [0.2, 0.25) is 5.88 Å². The van der Waals surface area contributed by atoms with Crippen LogP contribution in [0.25, 0.3) is 21.6 Å². The van der Waals surface area contributed by atoms with Gasteiger partial charge in [-0.1, -0.05) is 0 Å². The first-order valence-corrected chi connectivity index (χ1v) is 10.7. The molecule has 0 aliphatic rings. The first kappa shape index (κ1) is 21.5. The number of aromatic nitrogens is 5. The Morgan fingerprint density at radius 1 is 1.19 bits per heavy atom. The third kappa shape index (κ3) is 4.19. The van der Waals surface area contributed by atoms with Crippen LogP contribution in [0.2, 0.25) is 0 Å². The molecule has 166 valence electrons. The van der Waals surface area contributed by atoms with E-state index in [-0.39, 0.29) is 4.88 Å². The topological polar surface area (TPSA) is 124 Å². The summed E-state index contributed by atoms with van der Waals surface area (Å²) in [5.74, 6) is 0.514. The van der Waals surface area contributed by atoms with Crippen molar-refractivity contribution in [3.63, 3.8) is 0 Å². The van der Waals surface area contributed by atoms with Crippen molar-refractivity contribution in [1.29, 1.82) is 0 Å². The number of methoxy groups -OCH3 is 1. The fourth-order valence-corrected chi connectivity index (χ4v) is 4.32. The van der Waals surface area contributed by atoms with Crippen LogP contribution in [0.1, 0.15) is 22.3 Å². The highest BCUT2D eigenvalue weighted by atomic mass is 32.1. The zero-order valence-electron chi connectivity index (χ0n) is 17.8. The minimum atomic E-state index is -1.02. The minimum Gasteiger partial charge on any atom is -0.492 e. The lowest BCUT2D eigenvalue weighted by Gasteiger charge is -2.10. The predicted molar refractivity (Wildman–Crippen MR) is 121 cm³/mol. The van der Waals surface area contributed by atoms with Crippen molar-refractivity contribution in [3.05, 3.63) is 41.4 Å². The molecule has 4 aromatic heterocycles. The van der Waals surface area contributed by atoms with Crippen molar-refractivity contribution in [2.75, 3.05) is 25.6 Å². The van der Waals surface area contributed by atoms with Crippen LogP contribution in [-0.4, -0.2) is 55.8 Å². The van der Waals surface area contributed by atoms with Gasteiger partial charge in [0.15, 0.2) is 4.88 Å². The van der Waals surface area contributed by atoms with Crippen molar-refractivity contribution in [2.45, 2.75) is 20.4 Å². The number of carboxylic acids is 1. The Hall–Kier alpha value is -3.73. The molecule has 0 aliphatic heterocycles. The van der Waals surface area contributed by atoms with Crippen molar-refractivity contribution in [3.8, 4) is 22.2 Å². The van der Waals surface area contributed by atoms with E-state index in [4.69, 9.17) is 9.47 Å². The Morgan fingerprint density at radius 3 is 2.75 bits per heavy atom. The zero-order valence-corrected chi connectivity index (χ0v) is 18.6. The number of rotatable bonds is 9. The molecule has 4 aromatic rings. The van der Waals surface area contributed by atoms with Crippen LogP contribution in [0.4, 0.5) is 5.82 Å². The maximum atomic E-state index is 11.5. The highest BCUT2D eigenvalue weighted by molar-refractivity contribution is 7.17. The number of carbonyl (C=O) groups is 1. The van der Waals surface area contributed by atoms with Gasteiger partial charge >= 0.3 is 5.97 Å². The van der Waals surface area contributed by atoms with E-state index in [1.54, 1.807) is 19.2 Å². The molecule has 0 aromatic carbocycles.